The molecule has 1 rings (SSSR count). The number of hydrogen-bond donors (Lipinski definition) is 2. The summed E-state index contributed by atoms with van der Waals surface area (Å²) in [6.45, 7) is 3.57. The van der Waals surface area contributed by atoms with Gasteiger partial charge in [-0.05, 0) is 18.9 Å². The van der Waals surface area contributed by atoms with E-state index in [-0.39, 0.29) is 0 Å². The SMILES string of the molecule is CC/C=C/C(=O)O[C@H](C)C(=O)NC(=O)NCc1ccccc1. The number of allylic oxidation sites excluding steroid dienone is 1. The minimum absolute atomic E-state index is 0.299. The lowest BCUT2D eigenvalue weighted by atomic mass is 10.2. The van der Waals surface area contributed by atoms with E-state index < -0.39 is 24.0 Å². The Bertz CT molecular complexity index is 540. The molecule has 1 aromatic rings. The minimum atomic E-state index is -1.04. The van der Waals surface area contributed by atoms with Crippen molar-refractivity contribution in [2.45, 2.75) is 32.9 Å². The van der Waals surface area contributed by atoms with E-state index in [2.05, 4.69) is 10.6 Å². The van der Waals surface area contributed by atoms with Gasteiger partial charge in [-0.25, -0.2) is 9.59 Å². The van der Waals surface area contributed by atoms with Crippen molar-refractivity contribution in [3.8, 4) is 0 Å². The number of hydrogen-bond acceptors (Lipinski definition) is 4. The summed E-state index contributed by atoms with van der Waals surface area (Å²) in [6, 6.07) is 8.65. The molecule has 0 aliphatic heterocycles. The largest absolute Gasteiger partial charge is 0.449 e. The Morgan fingerprint density at radius 1 is 1.23 bits per heavy atom. The zero-order valence-corrected chi connectivity index (χ0v) is 12.7. The van der Waals surface area contributed by atoms with Crippen molar-refractivity contribution < 1.29 is 19.1 Å². The van der Waals surface area contributed by atoms with Gasteiger partial charge in [0.25, 0.3) is 5.91 Å². The van der Waals surface area contributed by atoms with Crippen LogP contribution in [-0.4, -0.2) is 24.0 Å². The van der Waals surface area contributed by atoms with E-state index in [0.29, 0.717) is 13.0 Å². The van der Waals surface area contributed by atoms with Crippen LogP contribution in [0.3, 0.4) is 0 Å². The van der Waals surface area contributed by atoms with Crippen molar-refractivity contribution in [3.05, 3.63) is 48.0 Å². The van der Waals surface area contributed by atoms with Crippen LogP contribution in [0.5, 0.6) is 0 Å². The normalized spacial score (nSPS) is 11.7. The molecule has 0 aliphatic rings. The Kier molecular flexibility index (Phi) is 7.39. The van der Waals surface area contributed by atoms with Crippen LogP contribution in [-0.2, 0) is 20.9 Å². The van der Waals surface area contributed by atoms with Crippen molar-refractivity contribution in [2.24, 2.45) is 0 Å². The van der Waals surface area contributed by atoms with Crippen LogP contribution in [0, 0.1) is 0 Å². The number of rotatable bonds is 6. The smallest absolute Gasteiger partial charge is 0.331 e. The van der Waals surface area contributed by atoms with Crippen molar-refractivity contribution >= 4 is 17.9 Å². The van der Waals surface area contributed by atoms with E-state index >= 15 is 0 Å². The number of imide groups is 1. The molecule has 6 nitrogen and oxygen atoms in total. The zero-order chi connectivity index (χ0) is 16.4. The molecule has 0 saturated heterocycles. The van der Waals surface area contributed by atoms with Crippen molar-refractivity contribution in [2.75, 3.05) is 0 Å². The number of esters is 1. The topological polar surface area (TPSA) is 84.5 Å². The second-order valence-corrected chi connectivity index (χ2v) is 4.55. The summed E-state index contributed by atoms with van der Waals surface area (Å²) in [7, 11) is 0. The number of nitrogens with one attached hydrogen (secondary N) is 2. The van der Waals surface area contributed by atoms with Crippen LogP contribution in [0.25, 0.3) is 0 Å². The Labute approximate surface area is 129 Å². The van der Waals surface area contributed by atoms with Gasteiger partial charge in [0.05, 0.1) is 0 Å². The summed E-state index contributed by atoms with van der Waals surface area (Å²) in [5.74, 6) is -1.29. The van der Waals surface area contributed by atoms with Gasteiger partial charge in [0.2, 0.25) is 0 Å². The molecule has 1 atom stereocenters. The molecule has 6 heteroatoms. The number of benzene rings is 1. The van der Waals surface area contributed by atoms with Gasteiger partial charge >= 0.3 is 12.0 Å². The van der Waals surface area contributed by atoms with E-state index in [1.54, 1.807) is 6.08 Å². The van der Waals surface area contributed by atoms with E-state index in [9.17, 15) is 14.4 Å². The molecule has 0 unspecified atom stereocenters. The molecular weight excluding hydrogens is 284 g/mol. The number of urea groups is 1. The number of carbonyl (C=O) groups excluding carboxylic acids is 3. The summed E-state index contributed by atoms with van der Waals surface area (Å²) < 4.78 is 4.86. The molecule has 0 saturated carbocycles. The lowest BCUT2D eigenvalue weighted by Crippen LogP contribution is -2.44. The highest BCUT2D eigenvalue weighted by Gasteiger charge is 2.18. The Morgan fingerprint density at radius 3 is 2.55 bits per heavy atom. The maximum absolute atomic E-state index is 11.7. The van der Waals surface area contributed by atoms with Crippen LogP contribution >= 0.6 is 0 Å². The van der Waals surface area contributed by atoms with Crippen molar-refractivity contribution in [3.63, 3.8) is 0 Å². The van der Waals surface area contributed by atoms with Gasteiger partial charge in [0.15, 0.2) is 6.10 Å². The highest BCUT2D eigenvalue weighted by Crippen LogP contribution is 1.97. The Balaban J connectivity index is 2.35. The summed E-state index contributed by atoms with van der Waals surface area (Å²) >= 11 is 0. The fourth-order valence-electron chi connectivity index (χ4n) is 1.52. The van der Waals surface area contributed by atoms with E-state index in [0.717, 1.165) is 5.56 Å². The summed E-state index contributed by atoms with van der Waals surface area (Å²) in [6.07, 6.45) is 2.52. The fraction of sp³-hybridized carbons (Fsp3) is 0.312. The van der Waals surface area contributed by atoms with Gasteiger partial charge in [-0.2, -0.15) is 0 Å². The van der Waals surface area contributed by atoms with E-state index in [1.165, 1.54) is 13.0 Å². The standard InChI is InChI=1S/C16H20N2O4/c1-3-4-10-14(19)22-12(2)15(20)18-16(21)17-11-13-8-6-5-7-9-13/h4-10,12H,3,11H2,1-2H3,(H2,17,18,20,21)/b10-4+/t12-/m1/s1. The third-order valence-corrected chi connectivity index (χ3v) is 2.68. The molecule has 22 heavy (non-hydrogen) atoms. The lowest BCUT2D eigenvalue weighted by Gasteiger charge is -2.12. The van der Waals surface area contributed by atoms with E-state index in [4.69, 9.17) is 4.74 Å². The van der Waals surface area contributed by atoms with Crippen LogP contribution < -0.4 is 10.6 Å². The predicted molar refractivity (Wildman–Crippen MR) is 81.8 cm³/mol. The number of amides is 3. The fourth-order valence-corrected chi connectivity index (χ4v) is 1.52. The van der Waals surface area contributed by atoms with Crippen LogP contribution in [0.1, 0.15) is 25.8 Å². The second-order valence-electron chi connectivity index (χ2n) is 4.55. The maximum Gasteiger partial charge on any atom is 0.331 e. The Morgan fingerprint density at radius 2 is 1.91 bits per heavy atom. The molecule has 0 fully saturated rings. The van der Waals surface area contributed by atoms with Crippen molar-refractivity contribution in [1.82, 2.24) is 10.6 Å². The van der Waals surface area contributed by atoms with Gasteiger partial charge in [-0.15, -0.1) is 0 Å². The number of carbonyl (C=O) groups is 3. The number of ether oxygens (including phenoxy) is 1. The molecule has 0 bridgehead atoms. The first-order valence-electron chi connectivity index (χ1n) is 7.02. The van der Waals surface area contributed by atoms with Gasteiger partial charge in [-0.1, -0.05) is 43.3 Å². The first-order chi connectivity index (χ1) is 10.5. The van der Waals surface area contributed by atoms with Crippen LogP contribution in [0.4, 0.5) is 4.79 Å². The quantitative estimate of drug-likeness (QED) is 0.621. The average Bonchev–Trinajstić information content (AvgIpc) is 2.51. The second kappa shape index (κ2) is 9.33. The molecular formula is C16H20N2O4. The third-order valence-electron chi connectivity index (χ3n) is 2.68. The van der Waals surface area contributed by atoms with Gasteiger partial charge in [-0.3, -0.25) is 10.1 Å². The maximum atomic E-state index is 11.7. The molecule has 0 aliphatic carbocycles. The minimum Gasteiger partial charge on any atom is -0.449 e. The summed E-state index contributed by atoms with van der Waals surface area (Å²) in [4.78, 5) is 34.6. The van der Waals surface area contributed by atoms with Crippen molar-refractivity contribution in [1.29, 1.82) is 0 Å². The molecule has 0 spiro atoms. The molecule has 3 amide bonds. The van der Waals surface area contributed by atoms with Crippen LogP contribution in [0.15, 0.2) is 42.5 Å². The summed E-state index contributed by atoms with van der Waals surface area (Å²) in [5.41, 5.74) is 0.911. The van der Waals surface area contributed by atoms with Gasteiger partial charge in [0, 0.05) is 12.6 Å². The first-order valence-corrected chi connectivity index (χ1v) is 7.02. The first kappa shape index (κ1) is 17.4. The molecule has 118 valence electrons. The highest BCUT2D eigenvalue weighted by atomic mass is 16.5. The van der Waals surface area contributed by atoms with Gasteiger partial charge in [0.1, 0.15) is 0 Å². The van der Waals surface area contributed by atoms with Crippen LogP contribution in [0.2, 0.25) is 0 Å². The lowest BCUT2D eigenvalue weighted by molar-refractivity contribution is -0.149. The zero-order valence-electron chi connectivity index (χ0n) is 12.7. The predicted octanol–water partition coefficient (Wildman–Crippen LogP) is 1.91. The molecule has 0 heterocycles. The molecule has 1 aromatic carbocycles. The average molecular weight is 304 g/mol. The van der Waals surface area contributed by atoms with E-state index in [1.807, 2.05) is 37.3 Å². The highest BCUT2D eigenvalue weighted by molar-refractivity contribution is 5.97. The third kappa shape index (κ3) is 6.69. The van der Waals surface area contributed by atoms with Gasteiger partial charge < -0.3 is 10.1 Å². The Hall–Kier alpha value is -2.63. The summed E-state index contributed by atoms with van der Waals surface area (Å²) in [5, 5.41) is 4.67. The molecule has 0 aromatic heterocycles. The molecule has 2 N–H and O–H groups in total. The monoisotopic (exact) mass is 304 g/mol. The molecule has 0 radical (unpaired) electrons.